The Hall–Kier alpha value is -1.88. The third kappa shape index (κ3) is 7.81. The van der Waals surface area contributed by atoms with Crippen molar-refractivity contribution in [1.29, 1.82) is 0 Å². The number of nitrogens with zero attached hydrogens (tertiary/aromatic N) is 2. The van der Waals surface area contributed by atoms with Gasteiger partial charge < -0.3 is 49.2 Å². The van der Waals surface area contributed by atoms with E-state index in [4.69, 9.17) is 28.8 Å². The van der Waals surface area contributed by atoms with Crippen LogP contribution in [0.3, 0.4) is 0 Å². The monoisotopic (exact) mass is 546 g/mol. The molecule has 0 saturated carbocycles. The summed E-state index contributed by atoms with van der Waals surface area (Å²) in [7, 11) is 0. The van der Waals surface area contributed by atoms with Gasteiger partial charge in [-0.1, -0.05) is 0 Å². The number of pyridine rings is 1. The first-order valence-electron chi connectivity index (χ1n) is 11.8. The van der Waals surface area contributed by atoms with Gasteiger partial charge in [-0.15, -0.1) is 11.8 Å². The lowest BCUT2D eigenvalue weighted by atomic mass is 9.99. The Morgan fingerprint density at radius 1 is 1.11 bits per heavy atom. The molecule has 1 aromatic rings. The number of aliphatic imine (C=N–C) groups is 1. The Morgan fingerprint density at radius 2 is 1.78 bits per heavy atom. The fraction of sp³-hybridized carbons (Fsp3) is 0.696. The number of ether oxygens (including phenoxy) is 5. The summed E-state index contributed by atoms with van der Waals surface area (Å²) < 4.78 is 26.9. The van der Waals surface area contributed by atoms with Crippen LogP contribution in [-0.4, -0.2) is 130 Å². The normalized spacial score (nSPS) is 29.8. The smallest absolute Gasteiger partial charge is 0.186 e. The van der Waals surface area contributed by atoms with Crippen LogP contribution >= 0.6 is 11.8 Å². The molecule has 5 N–H and O–H groups in total. The molecule has 37 heavy (non-hydrogen) atoms. The number of rotatable bonds is 14. The van der Waals surface area contributed by atoms with Crippen LogP contribution in [-0.2, 0) is 23.7 Å². The number of aliphatic hydroxyl groups excluding tert-OH is 4. The largest absolute Gasteiger partial charge is 0.505 e. The zero-order chi connectivity index (χ0) is 27.0. The zero-order valence-electron chi connectivity index (χ0n) is 20.7. The molecule has 2 aliphatic heterocycles. The van der Waals surface area contributed by atoms with Crippen LogP contribution in [0.4, 0.5) is 0 Å². The van der Waals surface area contributed by atoms with Crippen LogP contribution in [0.15, 0.2) is 17.3 Å². The second-order valence-electron chi connectivity index (χ2n) is 8.72. The Kier molecular flexibility index (Phi) is 11.0. The molecule has 208 valence electrons. The maximum atomic E-state index is 11.8. The van der Waals surface area contributed by atoms with E-state index in [0.29, 0.717) is 22.2 Å². The molecule has 0 aliphatic carbocycles. The highest BCUT2D eigenvalue weighted by molar-refractivity contribution is 8.14. The van der Waals surface area contributed by atoms with Crippen LogP contribution in [0.2, 0.25) is 0 Å². The summed E-state index contributed by atoms with van der Waals surface area (Å²) in [6.07, 6.45) is -5.12. The predicted molar refractivity (Wildman–Crippen MR) is 131 cm³/mol. The second-order valence-corrected chi connectivity index (χ2v) is 9.68. The van der Waals surface area contributed by atoms with Crippen molar-refractivity contribution in [3.05, 3.63) is 18.0 Å². The van der Waals surface area contributed by atoms with E-state index in [1.54, 1.807) is 6.92 Å². The van der Waals surface area contributed by atoms with Crippen molar-refractivity contribution in [1.82, 2.24) is 4.98 Å². The third-order valence-electron chi connectivity index (χ3n) is 5.87. The molecule has 0 spiro atoms. The molecule has 2 unspecified atom stereocenters. The Balaban J connectivity index is 1.26. The lowest BCUT2D eigenvalue weighted by Gasteiger charge is -2.39. The molecule has 13 nitrogen and oxygen atoms in total. The second kappa shape index (κ2) is 13.8. The first-order chi connectivity index (χ1) is 17.7. The van der Waals surface area contributed by atoms with Crippen molar-refractivity contribution in [3.63, 3.8) is 0 Å². The summed E-state index contributed by atoms with van der Waals surface area (Å²) in [4.78, 5) is 20.4. The van der Waals surface area contributed by atoms with E-state index in [2.05, 4.69) is 9.98 Å². The summed E-state index contributed by atoms with van der Waals surface area (Å²) in [5, 5.41) is 49.4. The highest BCUT2D eigenvalue weighted by atomic mass is 32.2. The summed E-state index contributed by atoms with van der Waals surface area (Å²) >= 11 is 1.37. The van der Waals surface area contributed by atoms with E-state index in [0.717, 1.165) is 0 Å². The molecule has 1 fully saturated rings. The lowest BCUT2D eigenvalue weighted by Crippen LogP contribution is -2.59. The molecule has 0 amide bonds. The topological polar surface area (TPSA) is 190 Å². The molecule has 14 heteroatoms. The first kappa shape index (κ1) is 29.7. The lowest BCUT2D eigenvalue weighted by molar-refractivity contribution is -0.302. The minimum absolute atomic E-state index is 0.0405. The van der Waals surface area contributed by atoms with Gasteiger partial charge in [0, 0.05) is 11.8 Å². The average molecular weight is 547 g/mol. The highest BCUT2D eigenvalue weighted by Crippen LogP contribution is 2.34. The fourth-order valence-electron chi connectivity index (χ4n) is 3.45. The predicted octanol–water partition coefficient (Wildman–Crippen LogP) is -1.14. The number of aromatic hydroxyl groups is 1. The average Bonchev–Trinajstić information content (AvgIpc) is 3.28. The molecule has 2 aliphatic rings. The van der Waals surface area contributed by atoms with Gasteiger partial charge in [-0.2, -0.15) is 0 Å². The standard InChI is InChI=1S/C23H34N2O11S/c1-13(27)23(2)12-37-21(25-23)17-15(28)9-14(10-24-17)34-7-5-32-3-4-33-6-8-35-22-20(31)19(30)18(29)16(11-26)36-22/h9-10,16,18-20,22,26,28-31H,3-8,11-12H2,1-2H3/t16?,18-,19?,20+,22-,23+/m0/s1. The number of carbonyl (C=O) groups is 1. The molecule has 1 saturated heterocycles. The van der Waals surface area contributed by atoms with E-state index >= 15 is 0 Å². The van der Waals surface area contributed by atoms with E-state index in [9.17, 15) is 25.2 Å². The number of hydrogen-bond donors (Lipinski definition) is 5. The van der Waals surface area contributed by atoms with Crippen molar-refractivity contribution in [3.8, 4) is 11.5 Å². The van der Waals surface area contributed by atoms with Gasteiger partial charge in [0.25, 0.3) is 0 Å². The van der Waals surface area contributed by atoms with Crippen LogP contribution in [0.25, 0.3) is 0 Å². The Bertz CT molecular complexity index is 934. The van der Waals surface area contributed by atoms with Gasteiger partial charge in [-0.3, -0.25) is 9.79 Å². The number of aliphatic hydroxyl groups is 4. The van der Waals surface area contributed by atoms with Crippen LogP contribution in [0.1, 0.15) is 19.5 Å². The van der Waals surface area contributed by atoms with Gasteiger partial charge in [0.15, 0.2) is 12.1 Å². The Labute approximate surface area is 218 Å². The van der Waals surface area contributed by atoms with Gasteiger partial charge in [-0.25, -0.2) is 4.98 Å². The zero-order valence-corrected chi connectivity index (χ0v) is 21.5. The summed E-state index contributed by atoms with van der Waals surface area (Å²) in [5.74, 6) is 0.742. The molecule has 0 bridgehead atoms. The van der Waals surface area contributed by atoms with Gasteiger partial charge in [0.2, 0.25) is 0 Å². The maximum Gasteiger partial charge on any atom is 0.186 e. The number of thioether (sulfide) groups is 1. The quantitative estimate of drug-likeness (QED) is 0.176. The third-order valence-corrected chi connectivity index (χ3v) is 7.13. The summed E-state index contributed by atoms with van der Waals surface area (Å²) in [6, 6.07) is 1.44. The van der Waals surface area contributed by atoms with Gasteiger partial charge in [-0.05, 0) is 13.8 Å². The van der Waals surface area contributed by atoms with Crippen molar-refractivity contribution in [2.45, 2.75) is 50.1 Å². The van der Waals surface area contributed by atoms with Crippen LogP contribution in [0.5, 0.6) is 11.5 Å². The van der Waals surface area contributed by atoms with Gasteiger partial charge >= 0.3 is 0 Å². The van der Waals surface area contributed by atoms with E-state index in [1.807, 2.05) is 0 Å². The molecular weight excluding hydrogens is 512 g/mol. The number of hydrogen-bond acceptors (Lipinski definition) is 14. The summed E-state index contributed by atoms with van der Waals surface area (Å²) in [6.45, 7) is 4.00. The highest BCUT2D eigenvalue weighted by Gasteiger charge is 2.44. The van der Waals surface area contributed by atoms with Gasteiger partial charge in [0.05, 0.1) is 45.8 Å². The maximum absolute atomic E-state index is 11.8. The van der Waals surface area contributed by atoms with E-state index in [1.165, 1.54) is 30.9 Å². The molecular formula is C23H34N2O11S. The van der Waals surface area contributed by atoms with Crippen molar-refractivity contribution < 1.29 is 54.0 Å². The molecule has 1 aromatic heterocycles. The van der Waals surface area contributed by atoms with Crippen LogP contribution < -0.4 is 4.74 Å². The molecule has 0 radical (unpaired) electrons. The van der Waals surface area contributed by atoms with Crippen molar-refractivity contribution >= 4 is 22.6 Å². The van der Waals surface area contributed by atoms with Crippen molar-refractivity contribution in [2.24, 2.45) is 4.99 Å². The number of carbonyl (C=O) groups excluding carboxylic acids is 1. The minimum Gasteiger partial charge on any atom is -0.505 e. The number of Topliss-reactive ketones (excluding diaryl/α,β-unsaturated/α-hetero) is 1. The van der Waals surface area contributed by atoms with Gasteiger partial charge in [0.1, 0.15) is 58.8 Å². The minimum atomic E-state index is -1.49. The fourth-order valence-corrected chi connectivity index (χ4v) is 4.69. The summed E-state index contributed by atoms with van der Waals surface area (Å²) in [5.41, 5.74) is -0.493. The Morgan fingerprint density at radius 3 is 2.41 bits per heavy atom. The van der Waals surface area contributed by atoms with Crippen molar-refractivity contribution in [2.75, 3.05) is 52.0 Å². The molecule has 3 rings (SSSR count). The molecule has 0 aromatic carbocycles. The number of aromatic nitrogens is 1. The molecule has 3 heterocycles. The van der Waals surface area contributed by atoms with E-state index < -0.39 is 42.9 Å². The first-order valence-corrected chi connectivity index (χ1v) is 12.8. The molecule has 6 atom stereocenters. The SMILES string of the molecule is CC(=O)[C@@]1(C)CSC(c2ncc(OCCOCCOCCO[C@H]3OC(CO)[C@H](O)C(O)[C@H]3O)cc2O)=N1. The van der Waals surface area contributed by atoms with Crippen LogP contribution in [0, 0.1) is 0 Å². The number of ketones is 1. The van der Waals surface area contributed by atoms with E-state index in [-0.39, 0.29) is 51.2 Å².